The highest BCUT2D eigenvalue weighted by atomic mass is 16.5. The summed E-state index contributed by atoms with van der Waals surface area (Å²) in [6.07, 6.45) is 4.05. The smallest absolute Gasteiger partial charge is 0.166 e. The first-order chi connectivity index (χ1) is 10.3. The van der Waals surface area contributed by atoms with E-state index in [-0.39, 0.29) is 0 Å². The van der Waals surface area contributed by atoms with Crippen LogP contribution in [0.3, 0.4) is 0 Å². The van der Waals surface area contributed by atoms with Gasteiger partial charge >= 0.3 is 0 Å². The van der Waals surface area contributed by atoms with Gasteiger partial charge in [-0.05, 0) is 24.8 Å². The standard InChI is InChI=1S/C18H21NO2/c1-19-14-16-11-6-12-17(20-2)18(16)21-13-7-10-15-8-4-3-5-9-15/h3-12,19H,13-14H2,1-2H3/b10-7+. The molecule has 21 heavy (non-hydrogen) atoms. The van der Waals surface area contributed by atoms with E-state index in [1.165, 1.54) is 0 Å². The average Bonchev–Trinajstić information content (AvgIpc) is 2.53. The van der Waals surface area contributed by atoms with Crippen molar-refractivity contribution in [2.75, 3.05) is 20.8 Å². The molecule has 3 nitrogen and oxygen atoms in total. The Labute approximate surface area is 126 Å². The minimum Gasteiger partial charge on any atom is -0.493 e. The summed E-state index contributed by atoms with van der Waals surface area (Å²) in [6, 6.07) is 16.1. The minimum atomic E-state index is 0.506. The SMILES string of the molecule is CNCc1cccc(OC)c1OC/C=C/c1ccccc1. The van der Waals surface area contributed by atoms with Gasteiger partial charge in [0, 0.05) is 12.1 Å². The van der Waals surface area contributed by atoms with Gasteiger partial charge in [0.2, 0.25) is 0 Å². The van der Waals surface area contributed by atoms with Crippen LogP contribution >= 0.6 is 0 Å². The Hall–Kier alpha value is -2.26. The number of nitrogens with one attached hydrogen (secondary N) is 1. The summed E-state index contributed by atoms with van der Waals surface area (Å²) in [4.78, 5) is 0. The summed E-state index contributed by atoms with van der Waals surface area (Å²) in [5.41, 5.74) is 2.25. The third-order valence-electron chi connectivity index (χ3n) is 3.08. The third kappa shape index (κ3) is 4.36. The number of hydrogen-bond acceptors (Lipinski definition) is 3. The highest BCUT2D eigenvalue weighted by molar-refractivity contribution is 5.49. The van der Waals surface area contributed by atoms with Crippen LogP contribution in [-0.4, -0.2) is 20.8 Å². The number of hydrogen-bond donors (Lipinski definition) is 1. The third-order valence-corrected chi connectivity index (χ3v) is 3.08. The van der Waals surface area contributed by atoms with Gasteiger partial charge in [-0.3, -0.25) is 0 Å². The predicted molar refractivity (Wildman–Crippen MR) is 86.7 cm³/mol. The van der Waals surface area contributed by atoms with E-state index in [2.05, 4.69) is 17.4 Å². The highest BCUT2D eigenvalue weighted by Crippen LogP contribution is 2.31. The summed E-state index contributed by atoms with van der Waals surface area (Å²) in [5.74, 6) is 1.56. The number of para-hydroxylation sites is 1. The maximum Gasteiger partial charge on any atom is 0.166 e. The second-order valence-electron chi connectivity index (χ2n) is 4.60. The first kappa shape index (κ1) is 15.1. The molecule has 0 bridgehead atoms. The molecule has 0 saturated carbocycles. The van der Waals surface area contributed by atoms with E-state index < -0.39 is 0 Å². The molecule has 0 radical (unpaired) electrons. The second kappa shape index (κ2) is 8.12. The zero-order valence-electron chi connectivity index (χ0n) is 12.5. The monoisotopic (exact) mass is 283 g/mol. The molecule has 0 atom stereocenters. The lowest BCUT2D eigenvalue weighted by molar-refractivity contribution is 0.322. The van der Waals surface area contributed by atoms with Gasteiger partial charge in [-0.15, -0.1) is 0 Å². The summed E-state index contributed by atoms with van der Waals surface area (Å²) >= 11 is 0. The van der Waals surface area contributed by atoms with Crippen molar-refractivity contribution in [3.8, 4) is 11.5 Å². The Kier molecular flexibility index (Phi) is 5.85. The molecule has 0 aliphatic carbocycles. The van der Waals surface area contributed by atoms with E-state index in [0.717, 1.165) is 29.2 Å². The van der Waals surface area contributed by atoms with Gasteiger partial charge in [-0.2, -0.15) is 0 Å². The maximum absolute atomic E-state index is 5.88. The zero-order valence-corrected chi connectivity index (χ0v) is 12.5. The van der Waals surface area contributed by atoms with E-state index in [0.29, 0.717) is 6.61 Å². The van der Waals surface area contributed by atoms with Gasteiger partial charge in [0.25, 0.3) is 0 Å². The van der Waals surface area contributed by atoms with Crippen molar-refractivity contribution in [2.24, 2.45) is 0 Å². The fraction of sp³-hybridized carbons (Fsp3) is 0.222. The fourth-order valence-corrected chi connectivity index (χ4v) is 2.10. The molecule has 2 aromatic carbocycles. The largest absolute Gasteiger partial charge is 0.493 e. The average molecular weight is 283 g/mol. The number of rotatable bonds is 7. The lowest BCUT2D eigenvalue weighted by Crippen LogP contribution is -2.08. The van der Waals surface area contributed by atoms with E-state index in [9.17, 15) is 0 Å². The van der Waals surface area contributed by atoms with Crippen LogP contribution in [0.4, 0.5) is 0 Å². The molecule has 0 amide bonds. The van der Waals surface area contributed by atoms with Crippen LogP contribution in [-0.2, 0) is 6.54 Å². The molecule has 1 N–H and O–H groups in total. The van der Waals surface area contributed by atoms with Crippen molar-refractivity contribution in [1.29, 1.82) is 0 Å². The fourth-order valence-electron chi connectivity index (χ4n) is 2.10. The van der Waals surface area contributed by atoms with E-state index in [1.54, 1.807) is 7.11 Å². The molecule has 0 saturated heterocycles. The summed E-state index contributed by atoms with van der Waals surface area (Å²) in [6.45, 7) is 1.25. The number of methoxy groups -OCH3 is 1. The van der Waals surface area contributed by atoms with Crippen molar-refractivity contribution in [3.05, 3.63) is 65.7 Å². The molecule has 3 heteroatoms. The van der Waals surface area contributed by atoms with Crippen molar-refractivity contribution < 1.29 is 9.47 Å². The van der Waals surface area contributed by atoms with Crippen molar-refractivity contribution in [3.63, 3.8) is 0 Å². The molecule has 2 rings (SSSR count). The highest BCUT2D eigenvalue weighted by Gasteiger charge is 2.09. The molecule has 0 unspecified atom stereocenters. The van der Waals surface area contributed by atoms with Crippen LogP contribution in [0, 0.1) is 0 Å². The molecule has 0 heterocycles. The zero-order chi connectivity index (χ0) is 14.9. The molecule has 0 aliphatic rings. The Morgan fingerprint density at radius 1 is 1.05 bits per heavy atom. The molecule has 0 spiro atoms. The molecule has 0 fully saturated rings. The van der Waals surface area contributed by atoms with Gasteiger partial charge in [0.05, 0.1) is 7.11 Å². The summed E-state index contributed by atoms with van der Waals surface area (Å²) < 4.78 is 11.3. The molecule has 110 valence electrons. The van der Waals surface area contributed by atoms with Gasteiger partial charge in [-0.1, -0.05) is 48.5 Å². The predicted octanol–water partition coefficient (Wildman–Crippen LogP) is 3.51. The Morgan fingerprint density at radius 3 is 2.57 bits per heavy atom. The first-order valence-electron chi connectivity index (χ1n) is 7.00. The van der Waals surface area contributed by atoms with Crippen LogP contribution in [0.25, 0.3) is 6.08 Å². The molecular formula is C18H21NO2. The maximum atomic E-state index is 5.88. The van der Waals surface area contributed by atoms with Crippen LogP contribution in [0.5, 0.6) is 11.5 Å². The first-order valence-corrected chi connectivity index (χ1v) is 7.00. The van der Waals surface area contributed by atoms with Crippen LogP contribution in [0.1, 0.15) is 11.1 Å². The Balaban J connectivity index is 2.03. The van der Waals surface area contributed by atoms with Gasteiger partial charge in [0.1, 0.15) is 6.61 Å². The molecule has 0 aromatic heterocycles. The van der Waals surface area contributed by atoms with Crippen LogP contribution in [0.15, 0.2) is 54.6 Å². The van der Waals surface area contributed by atoms with Gasteiger partial charge in [-0.25, -0.2) is 0 Å². The van der Waals surface area contributed by atoms with Crippen molar-refractivity contribution in [2.45, 2.75) is 6.54 Å². The van der Waals surface area contributed by atoms with Crippen LogP contribution in [0.2, 0.25) is 0 Å². The topological polar surface area (TPSA) is 30.5 Å². The molecular weight excluding hydrogens is 262 g/mol. The lowest BCUT2D eigenvalue weighted by Gasteiger charge is -2.13. The summed E-state index contributed by atoms with van der Waals surface area (Å²) in [5, 5.41) is 3.14. The van der Waals surface area contributed by atoms with Crippen molar-refractivity contribution in [1.82, 2.24) is 5.32 Å². The number of ether oxygens (including phenoxy) is 2. The molecule has 0 aliphatic heterocycles. The van der Waals surface area contributed by atoms with Crippen LogP contribution < -0.4 is 14.8 Å². The van der Waals surface area contributed by atoms with E-state index >= 15 is 0 Å². The quantitative estimate of drug-likeness (QED) is 0.843. The lowest BCUT2D eigenvalue weighted by atomic mass is 10.2. The Bertz CT molecular complexity index is 579. The minimum absolute atomic E-state index is 0.506. The Morgan fingerprint density at radius 2 is 1.86 bits per heavy atom. The normalized spacial score (nSPS) is 10.8. The molecule has 2 aromatic rings. The van der Waals surface area contributed by atoms with Crippen molar-refractivity contribution >= 4 is 6.08 Å². The van der Waals surface area contributed by atoms with Gasteiger partial charge < -0.3 is 14.8 Å². The van der Waals surface area contributed by atoms with E-state index in [4.69, 9.17) is 9.47 Å². The number of benzene rings is 2. The second-order valence-corrected chi connectivity index (χ2v) is 4.60. The summed E-state index contributed by atoms with van der Waals surface area (Å²) in [7, 11) is 3.57. The van der Waals surface area contributed by atoms with Gasteiger partial charge in [0.15, 0.2) is 11.5 Å². The van der Waals surface area contributed by atoms with E-state index in [1.807, 2.05) is 55.6 Å².